The minimum Gasteiger partial charge on any atom is -0.494 e. The van der Waals surface area contributed by atoms with Crippen LogP contribution in [0.5, 0.6) is 5.75 Å². The summed E-state index contributed by atoms with van der Waals surface area (Å²) in [7, 11) is 0. The molecule has 0 amide bonds. The van der Waals surface area contributed by atoms with Crippen LogP contribution in [0.2, 0.25) is 0 Å². The first-order valence-electron chi connectivity index (χ1n) is 9.39. The van der Waals surface area contributed by atoms with Gasteiger partial charge in [0.2, 0.25) is 0 Å². The first-order chi connectivity index (χ1) is 12.3. The van der Waals surface area contributed by atoms with E-state index >= 15 is 0 Å². The molecule has 3 heteroatoms. The van der Waals surface area contributed by atoms with Gasteiger partial charge in [-0.2, -0.15) is 0 Å². The third-order valence-electron chi connectivity index (χ3n) is 4.74. The van der Waals surface area contributed by atoms with E-state index in [0.29, 0.717) is 6.61 Å². The van der Waals surface area contributed by atoms with Crippen molar-refractivity contribution in [2.45, 2.75) is 38.5 Å². The summed E-state index contributed by atoms with van der Waals surface area (Å²) >= 11 is 0. The number of amidine groups is 1. The molecule has 3 nitrogen and oxygen atoms in total. The largest absolute Gasteiger partial charge is 0.494 e. The summed E-state index contributed by atoms with van der Waals surface area (Å²) in [5, 5.41) is 8.17. The molecule has 0 aromatic heterocycles. The summed E-state index contributed by atoms with van der Waals surface area (Å²) in [6.45, 7) is 2.79. The molecule has 25 heavy (non-hydrogen) atoms. The number of nitrogens with zero attached hydrogens (tertiary/aromatic N) is 1. The summed E-state index contributed by atoms with van der Waals surface area (Å²) in [5.41, 5.74) is 2.62. The highest BCUT2D eigenvalue weighted by Crippen LogP contribution is 2.16. The number of hydrogen-bond donors (Lipinski definition) is 1. The van der Waals surface area contributed by atoms with Crippen LogP contribution < -0.4 is 4.74 Å². The minimum atomic E-state index is 0.675. The van der Waals surface area contributed by atoms with Gasteiger partial charge in [-0.25, -0.2) is 0 Å². The fourth-order valence-electron chi connectivity index (χ4n) is 3.29. The Morgan fingerprint density at radius 1 is 0.880 bits per heavy atom. The SMILES string of the molecule is N=C(CCCOc1ccc(Cc2ccccc2)cc1)N1CCCCC1. The molecule has 1 heterocycles. The van der Waals surface area contributed by atoms with Crippen LogP contribution in [0, 0.1) is 5.41 Å². The molecule has 132 valence electrons. The zero-order chi connectivity index (χ0) is 17.3. The molecule has 0 saturated carbocycles. The van der Waals surface area contributed by atoms with Gasteiger partial charge in [0.05, 0.1) is 12.4 Å². The average Bonchev–Trinajstić information content (AvgIpc) is 2.68. The van der Waals surface area contributed by atoms with Crippen molar-refractivity contribution in [2.75, 3.05) is 19.7 Å². The molecule has 0 spiro atoms. The van der Waals surface area contributed by atoms with Crippen molar-refractivity contribution in [3.8, 4) is 5.75 Å². The van der Waals surface area contributed by atoms with Crippen LogP contribution in [0.25, 0.3) is 0 Å². The highest BCUT2D eigenvalue weighted by Gasteiger charge is 2.12. The predicted octanol–water partition coefficient (Wildman–Crippen LogP) is 4.90. The molecular formula is C22H28N2O. The van der Waals surface area contributed by atoms with Gasteiger partial charge >= 0.3 is 0 Å². The second kappa shape index (κ2) is 9.26. The van der Waals surface area contributed by atoms with Gasteiger partial charge in [-0.05, 0) is 55.4 Å². The molecule has 1 N–H and O–H groups in total. The van der Waals surface area contributed by atoms with Crippen molar-refractivity contribution in [3.63, 3.8) is 0 Å². The van der Waals surface area contributed by atoms with Crippen molar-refractivity contribution < 1.29 is 4.74 Å². The van der Waals surface area contributed by atoms with E-state index < -0.39 is 0 Å². The number of ether oxygens (including phenoxy) is 1. The normalized spacial score (nSPS) is 14.3. The Morgan fingerprint density at radius 3 is 2.28 bits per heavy atom. The molecule has 2 aromatic carbocycles. The quantitative estimate of drug-likeness (QED) is 0.443. The Balaban J connectivity index is 1.37. The fraction of sp³-hybridized carbons (Fsp3) is 0.409. The molecule has 0 radical (unpaired) electrons. The first-order valence-corrected chi connectivity index (χ1v) is 9.39. The number of hydrogen-bond acceptors (Lipinski definition) is 2. The molecule has 1 saturated heterocycles. The van der Waals surface area contributed by atoms with Gasteiger partial charge in [0, 0.05) is 19.5 Å². The van der Waals surface area contributed by atoms with E-state index in [1.807, 2.05) is 18.2 Å². The maximum Gasteiger partial charge on any atom is 0.119 e. The van der Waals surface area contributed by atoms with Crippen LogP contribution in [0.3, 0.4) is 0 Å². The van der Waals surface area contributed by atoms with Crippen molar-refractivity contribution in [3.05, 3.63) is 65.7 Å². The predicted molar refractivity (Wildman–Crippen MR) is 104 cm³/mol. The van der Waals surface area contributed by atoms with E-state index in [-0.39, 0.29) is 0 Å². The number of nitrogens with one attached hydrogen (secondary N) is 1. The Kier molecular flexibility index (Phi) is 6.49. The molecule has 2 aromatic rings. The van der Waals surface area contributed by atoms with Gasteiger partial charge in [-0.15, -0.1) is 0 Å². The number of piperidine rings is 1. The van der Waals surface area contributed by atoms with Crippen LogP contribution in [0.4, 0.5) is 0 Å². The number of benzene rings is 2. The highest BCUT2D eigenvalue weighted by atomic mass is 16.5. The highest BCUT2D eigenvalue weighted by molar-refractivity contribution is 5.79. The lowest BCUT2D eigenvalue weighted by Gasteiger charge is -2.29. The summed E-state index contributed by atoms with van der Waals surface area (Å²) in [6, 6.07) is 18.9. The molecule has 0 aliphatic carbocycles. The van der Waals surface area contributed by atoms with E-state index in [2.05, 4.69) is 41.3 Å². The van der Waals surface area contributed by atoms with E-state index in [4.69, 9.17) is 10.1 Å². The zero-order valence-electron chi connectivity index (χ0n) is 14.9. The van der Waals surface area contributed by atoms with Crippen molar-refractivity contribution >= 4 is 5.84 Å². The molecule has 0 atom stereocenters. The summed E-state index contributed by atoms with van der Waals surface area (Å²) in [6.07, 6.45) is 6.44. The first kappa shape index (κ1) is 17.5. The summed E-state index contributed by atoms with van der Waals surface area (Å²) in [4.78, 5) is 2.22. The molecular weight excluding hydrogens is 308 g/mol. The van der Waals surface area contributed by atoms with Crippen LogP contribution in [-0.2, 0) is 6.42 Å². The Morgan fingerprint density at radius 2 is 1.56 bits per heavy atom. The van der Waals surface area contributed by atoms with Gasteiger partial charge in [-0.1, -0.05) is 42.5 Å². The Bertz CT molecular complexity index is 645. The molecule has 1 fully saturated rings. The molecule has 1 aliphatic heterocycles. The maximum atomic E-state index is 8.17. The topological polar surface area (TPSA) is 36.3 Å². The molecule has 1 aliphatic rings. The van der Waals surface area contributed by atoms with Crippen LogP contribution in [0.1, 0.15) is 43.2 Å². The fourth-order valence-corrected chi connectivity index (χ4v) is 3.29. The lowest BCUT2D eigenvalue weighted by molar-refractivity contribution is 0.303. The van der Waals surface area contributed by atoms with Crippen LogP contribution >= 0.6 is 0 Å². The average molecular weight is 336 g/mol. The lowest BCUT2D eigenvalue weighted by atomic mass is 10.1. The van der Waals surface area contributed by atoms with E-state index in [0.717, 1.165) is 43.9 Å². The third kappa shape index (κ3) is 5.63. The van der Waals surface area contributed by atoms with Crippen molar-refractivity contribution in [1.29, 1.82) is 5.41 Å². The standard InChI is InChI=1S/C22H28N2O/c23-22(24-15-5-2-6-16-24)10-7-17-25-21-13-11-20(12-14-21)18-19-8-3-1-4-9-19/h1,3-4,8-9,11-14,23H,2,5-7,10,15-18H2. The van der Waals surface area contributed by atoms with Crippen molar-refractivity contribution in [1.82, 2.24) is 4.90 Å². The second-order valence-corrected chi connectivity index (χ2v) is 6.75. The van der Waals surface area contributed by atoms with Crippen LogP contribution in [0.15, 0.2) is 54.6 Å². The van der Waals surface area contributed by atoms with Gasteiger partial charge in [0.25, 0.3) is 0 Å². The molecule has 0 bridgehead atoms. The van der Waals surface area contributed by atoms with Gasteiger partial charge in [0.15, 0.2) is 0 Å². The van der Waals surface area contributed by atoms with E-state index in [9.17, 15) is 0 Å². The monoisotopic (exact) mass is 336 g/mol. The zero-order valence-corrected chi connectivity index (χ0v) is 14.9. The summed E-state index contributed by atoms with van der Waals surface area (Å²) < 4.78 is 5.83. The lowest BCUT2D eigenvalue weighted by Crippen LogP contribution is -2.35. The number of rotatable bonds is 7. The van der Waals surface area contributed by atoms with E-state index in [1.165, 1.54) is 30.4 Å². The van der Waals surface area contributed by atoms with Gasteiger partial charge in [0.1, 0.15) is 5.75 Å². The van der Waals surface area contributed by atoms with Crippen molar-refractivity contribution in [2.24, 2.45) is 0 Å². The molecule has 3 rings (SSSR count). The maximum absolute atomic E-state index is 8.17. The second-order valence-electron chi connectivity index (χ2n) is 6.75. The Labute approximate surface area is 151 Å². The minimum absolute atomic E-state index is 0.675. The van der Waals surface area contributed by atoms with Gasteiger partial charge in [-0.3, -0.25) is 5.41 Å². The Hall–Kier alpha value is -2.29. The summed E-state index contributed by atoms with van der Waals surface area (Å²) in [5.74, 6) is 1.70. The molecule has 0 unspecified atom stereocenters. The third-order valence-corrected chi connectivity index (χ3v) is 4.74. The van der Waals surface area contributed by atoms with Gasteiger partial charge < -0.3 is 9.64 Å². The van der Waals surface area contributed by atoms with E-state index in [1.54, 1.807) is 0 Å². The number of likely N-dealkylation sites (tertiary alicyclic amines) is 1. The smallest absolute Gasteiger partial charge is 0.119 e. The van der Waals surface area contributed by atoms with Crippen LogP contribution in [-0.4, -0.2) is 30.4 Å².